The van der Waals surface area contributed by atoms with Gasteiger partial charge in [-0.3, -0.25) is 19.2 Å². The zero-order valence-corrected chi connectivity index (χ0v) is 20.6. The molecule has 3 amide bonds. The first-order chi connectivity index (χ1) is 17.8. The highest BCUT2D eigenvalue weighted by Crippen LogP contribution is 2.19. The number of carbonyl (C=O) groups excluding carboxylic acids is 3. The molecule has 10 heteroatoms. The number of nitrogens with two attached hydrogens (primary N) is 1. The van der Waals surface area contributed by atoms with Crippen LogP contribution < -0.4 is 16.4 Å². The van der Waals surface area contributed by atoms with Crippen molar-refractivity contribution in [2.24, 2.45) is 5.73 Å². The van der Waals surface area contributed by atoms with E-state index < -0.39 is 54.5 Å². The summed E-state index contributed by atoms with van der Waals surface area (Å²) in [6.45, 7) is -0.370. The third-order valence-electron chi connectivity index (χ3n) is 6.36. The molecule has 3 rings (SSSR count). The predicted octanol–water partition coefficient (Wildman–Crippen LogP) is 0.227. The Bertz CT molecular complexity index is 1070. The van der Waals surface area contributed by atoms with Gasteiger partial charge in [0.15, 0.2) is 0 Å². The molecule has 198 valence electrons. The highest BCUT2D eigenvalue weighted by Gasteiger charge is 2.38. The van der Waals surface area contributed by atoms with E-state index in [-0.39, 0.29) is 19.4 Å². The molecule has 10 nitrogen and oxygen atoms in total. The molecule has 1 aliphatic heterocycles. The van der Waals surface area contributed by atoms with Gasteiger partial charge in [-0.25, -0.2) is 0 Å². The normalized spacial score (nSPS) is 17.5. The molecule has 2 aromatic rings. The maximum absolute atomic E-state index is 13.2. The van der Waals surface area contributed by atoms with Crippen molar-refractivity contribution in [2.75, 3.05) is 13.2 Å². The van der Waals surface area contributed by atoms with Gasteiger partial charge in [-0.15, -0.1) is 0 Å². The van der Waals surface area contributed by atoms with Gasteiger partial charge in [0, 0.05) is 12.6 Å². The molecule has 1 fully saturated rings. The molecule has 0 aliphatic carbocycles. The van der Waals surface area contributed by atoms with Gasteiger partial charge in [-0.2, -0.15) is 0 Å². The van der Waals surface area contributed by atoms with Crippen molar-refractivity contribution in [3.63, 3.8) is 0 Å². The zero-order valence-electron chi connectivity index (χ0n) is 20.6. The van der Waals surface area contributed by atoms with Crippen molar-refractivity contribution < 1.29 is 29.4 Å². The van der Waals surface area contributed by atoms with Gasteiger partial charge in [-0.1, -0.05) is 60.7 Å². The van der Waals surface area contributed by atoms with Crippen molar-refractivity contribution in [3.8, 4) is 0 Å². The van der Waals surface area contributed by atoms with E-state index in [0.717, 1.165) is 11.1 Å². The van der Waals surface area contributed by atoms with Gasteiger partial charge < -0.3 is 31.5 Å². The summed E-state index contributed by atoms with van der Waals surface area (Å²) in [6, 6.07) is 14.8. The number of carbonyl (C=O) groups is 4. The van der Waals surface area contributed by atoms with Gasteiger partial charge in [0.05, 0.1) is 19.1 Å². The van der Waals surface area contributed by atoms with E-state index in [1.807, 2.05) is 60.7 Å². The lowest BCUT2D eigenvalue weighted by Gasteiger charge is -2.29. The summed E-state index contributed by atoms with van der Waals surface area (Å²) in [4.78, 5) is 51.7. The van der Waals surface area contributed by atoms with E-state index in [2.05, 4.69) is 10.6 Å². The first-order valence-corrected chi connectivity index (χ1v) is 12.4. The third-order valence-corrected chi connectivity index (χ3v) is 6.36. The number of aliphatic hydroxyl groups is 1. The van der Waals surface area contributed by atoms with Crippen LogP contribution in [-0.2, 0) is 32.0 Å². The number of amides is 3. The molecule has 0 spiro atoms. The fourth-order valence-corrected chi connectivity index (χ4v) is 4.51. The number of nitrogens with zero attached hydrogens (tertiary/aromatic N) is 1. The van der Waals surface area contributed by atoms with Gasteiger partial charge in [0.1, 0.15) is 12.1 Å². The Balaban J connectivity index is 1.62. The Hall–Kier alpha value is -3.76. The van der Waals surface area contributed by atoms with Crippen LogP contribution in [0.2, 0.25) is 0 Å². The second-order valence-corrected chi connectivity index (χ2v) is 9.22. The summed E-state index contributed by atoms with van der Waals surface area (Å²) in [5, 5.41) is 24.4. The standard InChI is InChI=1S/C27H34N4O6/c28-21(15-19-10-5-2-6-11-19)25(35)30-22(17-32)27(37)31-13-7-12-23(31)26(36)29-20(16-24(33)34)14-18-8-3-1-4-9-18/h1-6,8-11,20-23,32H,7,12-17,28H2,(H,29,36)(H,30,35)(H,33,34)/t20-,21-,22-,23-/m0/s1. The number of aliphatic carboxylic acids is 1. The molecule has 37 heavy (non-hydrogen) atoms. The monoisotopic (exact) mass is 510 g/mol. The molecule has 4 atom stereocenters. The van der Waals surface area contributed by atoms with E-state index in [4.69, 9.17) is 5.73 Å². The largest absolute Gasteiger partial charge is 0.481 e. The average molecular weight is 511 g/mol. The van der Waals surface area contributed by atoms with Crippen LogP contribution in [0.25, 0.3) is 0 Å². The van der Waals surface area contributed by atoms with E-state index in [1.165, 1.54) is 4.90 Å². The second kappa shape index (κ2) is 13.5. The number of carboxylic acid groups (broad SMARTS) is 1. The number of rotatable bonds is 12. The molecule has 0 radical (unpaired) electrons. The molecule has 1 saturated heterocycles. The van der Waals surface area contributed by atoms with Crippen molar-refractivity contribution in [3.05, 3.63) is 71.8 Å². The summed E-state index contributed by atoms with van der Waals surface area (Å²) in [5.74, 6) is -2.67. The maximum atomic E-state index is 13.2. The highest BCUT2D eigenvalue weighted by atomic mass is 16.4. The van der Waals surface area contributed by atoms with Crippen LogP contribution in [0, 0.1) is 0 Å². The van der Waals surface area contributed by atoms with Crippen molar-refractivity contribution in [1.29, 1.82) is 0 Å². The van der Waals surface area contributed by atoms with Gasteiger partial charge >= 0.3 is 5.97 Å². The Morgan fingerprint density at radius 1 is 0.946 bits per heavy atom. The summed E-state index contributed by atoms with van der Waals surface area (Å²) in [5.41, 5.74) is 7.75. The molecular weight excluding hydrogens is 476 g/mol. The summed E-state index contributed by atoms with van der Waals surface area (Å²) < 4.78 is 0. The Morgan fingerprint density at radius 3 is 2.11 bits per heavy atom. The second-order valence-electron chi connectivity index (χ2n) is 9.22. The number of aliphatic hydroxyl groups excluding tert-OH is 1. The van der Waals surface area contributed by atoms with E-state index >= 15 is 0 Å². The minimum atomic E-state index is -1.25. The van der Waals surface area contributed by atoms with Gasteiger partial charge in [0.25, 0.3) is 0 Å². The Kier molecular flexibility index (Phi) is 10.2. The lowest BCUT2D eigenvalue weighted by atomic mass is 10.0. The molecule has 2 aromatic carbocycles. The Labute approximate surface area is 215 Å². The molecule has 1 aliphatic rings. The first-order valence-electron chi connectivity index (χ1n) is 12.4. The highest BCUT2D eigenvalue weighted by molar-refractivity contribution is 5.93. The lowest BCUT2D eigenvalue weighted by Crippen LogP contribution is -2.57. The molecule has 1 heterocycles. The number of nitrogens with one attached hydrogen (secondary N) is 2. The smallest absolute Gasteiger partial charge is 0.305 e. The maximum Gasteiger partial charge on any atom is 0.305 e. The minimum Gasteiger partial charge on any atom is -0.481 e. The van der Waals surface area contributed by atoms with Gasteiger partial charge in [-0.05, 0) is 36.8 Å². The number of likely N-dealkylation sites (tertiary alicyclic amines) is 1. The van der Waals surface area contributed by atoms with E-state index in [0.29, 0.717) is 19.3 Å². The first kappa shape index (κ1) is 27.8. The quantitative estimate of drug-likeness (QED) is 0.273. The van der Waals surface area contributed by atoms with Crippen molar-refractivity contribution >= 4 is 23.7 Å². The fourth-order valence-electron chi connectivity index (χ4n) is 4.51. The van der Waals surface area contributed by atoms with Crippen LogP contribution in [0.4, 0.5) is 0 Å². The number of hydrogen-bond acceptors (Lipinski definition) is 6. The summed E-state index contributed by atoms with van der Waals surface area (Å²) >= 11 is 0. The molecule has 0 saturated carbocycles. The minimum absolute atomic E-state index is 0.264. The summed E-state index contributed by atoms with van der Waals surface area (Å²) in [7, 11) is 0. The molecular formula is C27H34N4O6. The molecule has 0 unspecified atom stereocenters. The van der Waals surface area contributed by atoms with Crippen LogP contribution in [0.5, 0.6) is 0 Å². The summed E-state index contributed by atoms with van der Waals surface area (Å²) in [6.07, 6.45) is 1.28. The average Bonchev–Trinajstić information content (AvgIpc) is 3.38. The number of carboxylic acids is 1. The zero-order chi connectivity index (χ0) is 26.8. The van der Waals surface area contributed by atoms with Crippen LogP contribution in [0.1, 0.15) is 30.4 Å². The van der Waals surface area contributed by atoms with Crippen molar-refractivity contribution in [1.82, 2.24) is 15.5 Å². The lowest BCUT2D eigenvalue weighted by molar-refractivity contribution is -0.143. The van der Waals surface area contributed by atoms with E-state index in [9.17, 15) is 29.4 Å². The SMILES string of the molecule is N[C@@H](Cc1ccccc1)C(=O)N[C@@H](CO)C(=O)N1CCC[C@H]1C(=O)N[C@H](CC(=O)O)Cc1ccccc1. The van der Waals surface area contributed by atoms with Crippen LogP contribution in [0.15, 0.2) is 60.7 Å². The fraction of sp³-hybridized carbons (Fsp3) is 0.407. The Morgan fingerprint density at radius 2 is 1.54 bits per heavy atom. The molecule has 0 bridgehead atoms. The topological polar surface area (TPSA) is 162 Å². The van der Waals surface area contributed by atoms with E-state index in [1.54, 1.807) is 0 Å². The van der Waals surface area contributed by atoms with Crippen molar-refractivity contribution in [2.45, 2.75) is 56.3 Å². The third kappa shape index (κ3) is 8.12. The molecule has 6 N–H and O–H groups in total. The number of hydrogen-bond donors (Lipinski definition) is 5. The van der Waals surface area contributed by atoms with Crippen LogP contribution >= 0.6 is 0 Å². The van der Waals surface area contributed by atoms with Crippen LogP contribution in [0.3, 0.4) is 0 Å². The number of benzene rings is 2. The molecule has 0 aromatic heterocycles. The van der Waals surface area contributed by atoms with Gasteiger partial charge in [0.2, 0.25) is 17.7 Å². The van der Waals surface area contributed by atoms with Crippen LogP contribution in [-0.4, -0.2) is 76.1 Å². The predicted molar refractivity (Wildman–Crippen MR) is 136 cm³/mol.